The van der Waals surface area contributed by atoms with E-state index in [1.807, 2.05) is 7.11 Å². The number of methoxy groups -OCH3 is 1. The summed E-state index contributed by atoms with van der Waals surface area (Å²) < 4.78 is 12.3. The van der Waals surface area contributed by atoms with Crippen molar-refractivity contribution in [2.24, 2.45) is 34.5 Å². The van der Waals surface area contributed by atoms with Crippen LogP contribution in [0.25, 0.3) is 0 Å². The van der Waals surface area contributed by atoms with Gasteiger partial charge in [-0.1, -0.05) is 55.3 Å². The maximum atomic E-state index is 12.5. The Bertz CT molecular complexity index is 967. The number of hydrogen-bond donors (Lipinski definition) is 1. The summed E-state index contributed by atoms with van der Waals surface area (Å²) in [5, 5.41) is 11.4. The third-order valence-corrected chi connectivity index (χ3v) is 10.5. The fourth-order valence-corrected chi connectivity index (χ4v) is 8.50. The van der Waals surface area contributed by atoms with E-state index in [1.54, 1.807) is 6.92 Å². The second kappa shape index (κ2) is 8.57. The largest absolute Gasteiger partial charge is 0.377 e. The van der Waals surface area contributed by atoms with E-state index in [0.29, 0.717) is 43.0 Å². The van der Waals surface area contributed by atoms with Gasteiger partial charge in [-0.2, -0.15) is 0 Å². The molecule has 4 aliphatic carbocycles. The Kier molecular flexibility index (Phi) is 6.10. The molecule has 3 fully saturated rings. The fourth-order valence-electron chi connectivity index (χ4n) is 8.50. The molecule has 0 heterocycles. The average molecular weight is 467 g/mol. The zero-order chi connectivity index (χ0) is 24.3. The smallest absolute Gasteiger partial charge is 0.169 e. The summed E-state index contributed by atoms with van der Waals surface area (Å²) in [6.07, 6.45) is 8.92. The van der Waals surface area contributed by atoms with Gasteiger partial charge in [0.2, 0.25) is 0 Å². The van der Waals surface area contributed by atoms with Crippen molar-refractivity contribution in [2.45, 2.75) is 91.1 Å². The first-order valence-corrected chi connectivity index (χ1v) is 13.3. The highest BCUT2D eigenvalue weighted by Crippen LogP contribution is 2.67. The third kappa shape index (κ3) is 3.81. The molecule has 4 nitrogen and oxygen atoms in total. The molecule has 34 heavy (non-hydrogen) atoms. The van der Waals surface area contributed by atoms with Crippen LogP contribution in [0.1, 0.15) is 76.8 Å². The lowest BCUT2D eigenvalue weighted by Crippen LogP contribution is -2.56. The van der Waals surface area contributed by atoms with Gasteiger partial charge in [0.25, 0.3) is 0 Å². The molecule has 0 radical (unpaired) electrons. The van der Waals surface area contributed by atoms with E-state index in [0.717, 1.165) is 37.7 Å². The van der Waals surface area contributed by atoms with E-state index in [9.17, 15) is 9.90 Å². The Morgan fingerprint density at radius 1 is 1.06 bits per heavy atom. The quantitative estimate of drug-likeness (QED) is 0.428. The number of Topliss-reactive ketones (excluding diaryl/α,β-unsaturated/α-hetero) is 1. The van der Waals surface area contributed by atoms with Crippen molar-refractivity contribution in [3.8, 4) is 0 Å². The van der Waals surface area contributed by atoms with Gasteiger partial charge in [-0.05, 0) is 80.1 Å². The highest BCUT2D eigenvalue weighted by Gasteiger charge is 2.62. The highest BCUT2D eigenvalue weighted by molar-refractivity contribution is 5.79. The van der Waals surface area contributed by atoms with E-state index in [-0.39, 0.29) is 22.9 Å². The number of carbonyl (C=O) groups is 1. The molecule has 1 aromatic carbocycles. The van der Waals surface area contributed by atoms with Gasteiger partial charge < -0.3 is 14.6 Å². The molecule has 0 aromatic heterocycles. The van der Waals surface area contributed by atoms with E-state index >= 15 is 0 Å². The SMILES string of the molecule is COC1C=C2C[C@@](O)(OCc3ccc(C)cc3)CC[C@]2(C)C2CC[C@@]3(C)C(CC[C@@H]3C(C)=O)C12. The monoisotopic (exact) mass is 466 g/mol. The molecule has 3 saturated carbocycles. The number of benzene rings is 1. The number of hydrogen-bond acceptors (Lipinski definition) is 4. The molecule has 0 amide bonds. The molecular formula is C30H42O4. The second-order valence-electron chi connectivity index (χ2n) is 12.3. The molecule has 186 valence electrons. The van der Waals surface area contributed by atoms with Crippen molar-refractivity contribution in [1.82, 2.24) is 0 Å². The van der Waals surface area contributed by atoms with E-state index in [2.05, 4.69) is 51.1 Å². The minimum Gasteiger partial charge on any atom is -0.377 e. The van der Waals surface area contributed by atoms with Crippen LogP contribution >= 0.6 is 0 Å². The summed E-state index contributed by atoms with van der Waals surface area (Å²) in [4.78, 5) is 12.5. The van der Waals surface area contributed by atoms with Gasteiger partial charge in [0.05, 0.1) is 12.7 Å². The van der Waals surface area contributed by atoms with Gasteiger partial charge >= 0.3 is 0 Å². The third-order valence-electron chi connectivity index (χ3n) is 10.5. The maximum Gasteiger partial charge on any atom is 0.169 e. The maximum absolute atomic E-state index is 12.5. The number of rotatable bonds is 5. The number of aryl methyl sites for hydroxylation is 1. The molecule has 1 N–H and O–H groups in total. The van der Waals surface area contributed by atoms with Gasteiger partial charge in [0, 0.05) is 25.9 Å². The predicted octanol–water partition coefficient (Wildman–Crippen LogP) is 5.99. The molecule has 5 rings (SSSR count). The molecular weight excluding hydrogens is 424 g/mol. The van der Waals surface area contributed by atoms with Gasteiger partial charge in [-0.3, -0.25) is 4.79 Å². The lowest BCUT2D eigenvalue weighted by Gasteiger charge is -2.60. The molecule has 0 spiro atoms. The highest BCUT2D eigenvalue weighted by atomic mass is 16.6. The minimum atomic E-state index is -1.13. The van der Waals surface area contributed by atoms with Crippen LogP contribution in [0, 0.1) is 41.4 Å². The summed E-state index contributed by atoms with van der Waals surface area (Å²) in [7, 11) is 1.83. The van der Waals surface area contributed by atoms with Crippen LogP contribution in [0.4, 0.5) is 0 Å². The van der Waals surface area contributed by atoms with E-state index in [1.165, 1.54) is 11.1 Å². The van der Waals surface area contributed by atoms with Crippen LogP contribution in [0.5, 0.6) is 0 Å². The Balaban J connectivity index is 1.39. The first-order valence-electron chi connectivity index (χ1n) is 13.3. The molecule has 4 unspecified atom stereocenters. The zero-order valence-electron chi connectivity index (χ0n) is 21.6. The Labute approximate surface area is 205 Å². The van der Waals surface area contributed by atoms with Crippen molar-refractivity contribution >= 4 is 5.78 Å². The molecule has 0 saturated heterocycles. The summed E-state index contributed by atoms with van der Waals surface area (Å²) >= 11 is 0. The van der Waals surface area contributed by atoms with Crippen LogP contribution in [0.2, 0.25) is 0 Å². The van der Waals surface area contributed by atoms with Crippen molar-refractivity contribution < 1.29 is 19.4 Å². The van der Waals surface area contributed by atoms with Crippen LogP contribution in [0.3, 0.4) is 0 Å². The van der Waals surface area contributed by atoms with Crippen molar-refractivity contribution in [3.05, 3.63) is 47.0 Å². The van der Waals surface area contributed by atoms with Crippen LogP contribution in [-0.2, 0) is 20.9 Å². The lowest BCUT2D eigenvalue weighted by molar-refractivity contribution is -0.233. The van der Waals surface area contributed by atoms with Gasteiger partial charge in [-0.15, -0.1) is 0 Å². The van der Waals surface area contributed by atoms with Gasteiger partial charge in [-0.25, -0.2) is 0 Å². The number of ether oxygens (including phenoxy) is 2. The minimum absolute atomic E-state index is 0.0443. The summed E-state index contributed by atoms with van der Waals surface area (Å²) in [6.45, 7) is 9.08. The number of carbonyl (C=O) groups excluding carboxylic acids is 1. The van der Waals surface area contributed by atoms with Crippen LogP contribution < -0.4 is 0 Å². The van der Waals surface area contributed by atoms with Gasteiger partial charge in [0.1, 0.15) is 5.78 Å². The molecule has 0 aliphatic heterocycles. The first-order chi connectivity index (χ1) is 16.1. The lowest BCUT2D eigenvalue weighted by atomic mass is 9.46. The van der Waals surface area contributed by atoms with Gasteiger partial charge in [0.15, 0.2) is 5.79 Å². The van der Waals surface area contributed by atoms with Crippen molar-refractivity contribution in [3.63, 3.8) is 0 Å². The Morgan fingerprint density at radius 3 is 2.47 bits per heavy atom. The van der Waals surface area contributed by atoms with Crippen LogP contribution in [-0.4, -0.2) is 29.9 Å². The Morgan fingerprint density at radius 2 is 1.79 bits per heavy atom. The molecule has 4 heteroatoms. The second-order valence-corrected chi connectivity index (χ2v) is 12.3. The zero-order valence-corrected chi connectivity index (χ0v) is 21.6. The first kappa shape index (κ1) is 24.2. The molecule has 0 bridgehead atoms. The molecule has 4 aliphatic rings. The van der Waals surface area contributed by atoms with Crippen LogP contribution in [0.15, 0.2) is 35.9 Å². The number of fused-ring (bicyclic) bond motifs is 5. The fraction of sp³-hybridized carbons (Fsp3) is 0.700. The van der Waals surface area contributed by atoms with Crippen molar-refractivity contribution in [2.75, 3.05) is 7.11 Å². The normalized spacial score (nSPS) is 43.5. The molecule has 1 aromatic rings. The predicted molar refractivity (Wildman–Crippen MR) is 133 cm³/mol. The van der Waals surface area contributed by atoms with E-state index in [4.69, 9.17) is 9.47 Å². The average Bonchev–Trinajstić information content (AvgIpc) is 3.16. The summed E-state index contributed by atoms with van der Waals surface area (Å²) in [5.74, 6) is 0.935. The van der Waals surface area contributed by atoms with Crippen molar-refractivity contribution in [1.29, 1.82) is 0 Å². The Hall–Kier alpha value is -1.49. The summed E-state index contributed by atoms with van der Waals surface area (Å²) in [5.41, 5.74) is 3.78. The number of aliphatic hydroxyl groups is 1. The number of ketones is 1. The van der Waals surface area contributed by atoms with E-state index < -0.39 is 5.79 Å². The standard InChI is InChI=1S/C30H42O4/c1-19-6-8-21(9-7-19)18-34-30(32)15-14-28(3)22(17-30)16-26(33-5)27-24-11-10-23(20(2)31)29(24,4)13-12-25(27)28/h6-9,16,23-27,32H,10-15,17-18H2,1-5H3/t23-,24?,25?,26?,27?,28+,29-,30+/m1/s1. The summed E-state index contributed by atoms with van der Waals surface area (Å²) in [6, 6.07) is 8.33. The molecule has 8 atom stereocenters. The topological polar surface area (TPSA) is 55.8 Å².